The van der Waals surface area contributed by atoms with Gasteiger partial charge in [0, 0.05) is 44.3 Å². The van der Waals surface area contributed by atoms with Gasteiger partial charge in [-0.2, -0.15) is 0 Å². The first-order valence-electron chi connectivity index (χ1n) is 14.7. The molecule has 2 aliphatic heterocycles. The molecule has 8 heteroatoms. The van der Waals surface area contributed by atoms with Crippen LogP contribution in [0.4, 0.5) is 22.7 Å². The van der Waals surface area contributed by atoms with E-state index in [9.17, 15) is 10.2 Å². The van der Waals surface area contributed by atoms with Gasteiger partial charge in [0.1, 0.15) is 11.3 Å². The van der Waals surface area contributed by atoms with Gasteiger partial charge in [-0.15, -0.1) is 12.2 Å². The Morgan fingerprint density at radius 1 is 0.600 bits per heavy atom. The molecule has 208 valence electrons. The third-order valence-corrected chi connectivity index (χ3v) is 9.84. The van der Waals surface area contributed by atoms with E-state index in [1.807, 2.05) is 24.3 Å². The fraction of sp³-hybridized carbons (Fsp3) is 0.438. The Hall–Kier alpha value is -3.62. The summed E-state index contributed by atoms with van der Waals surface area (Å²) in [6.45, 7) is 8.62. The SMILES string of the molecule is CCC1(CC)Nc2cccc3c(C4C([O-])C(c5ncc6c7c(cccc57)NC(CC)(CC)N6)C4[O-])ncc(c23)N1. The number of nitrogens with one attached hydrogen (secondary N) is 4. The molecule has 1 aliphatic carbocycles. The Morgan fingerprint density at radius 2 is 0.975 bits per heavy atom. The molecule has 0 spiro atoms. The van der Waals surface area contributed by atoms with Gasteiger partial charge in [-0.1, -0.05) is 52.0 Å². The zero-order valence-corrected chi connectivity index (χ0v) is 23.5. The molecule has 0 radical (unpaired) electrons. The van der Waals surface area contributed by atoms with Crippen LogP contribution in [0.15, 0.2) is 48.8 Å². The second kappa shape index (κ2) is 8.94. The third-order valence-electron chi connectivity index (χ3n) is 9.84. The van der Waals surface area contributed by atoms with E-state index >= 15 is 0 Å². The number of hydrogen-bond acceptors (Lipinski definition) is 8. The van der Waals surface area contributed by atoms with Crippen molar-refractivity contribution < 1.29 is 10.2 Å². The van der Waals surface area contributed by atoms with Gasteiger partial charge in [0.05, 0.1) is 23.8 Å². The van der Waals surface area contributed by atoms with Gasteiger partial charge in [-0.05, 0) is 49.7 Å². The number of rotatable bonds is 6. The summed E-state index contributed by atoms with van der Waals surface area (Å²) < 4.78 is 0. The monoisotopic (exact) mass is 536 g/mol. The summed E-state index contributed by atoms with van der Waals surface area (Å²) in [6.07, 6.45) is 4.98. The van der Waals surface area contributed by atoms with Crippen LogP contribution in [0.1, 0.15) is 76.6 Å². The van der Waals surface area contributed by atoms with Crippen molar-refractivity contribution in [2.24, 2.45) is 0 Å². The minimum Gasteiger partial charge on any atom is -0.851 e. The van der Waals surface area contributed by atoms with E-state index in [2.05, 4.69) is 61.1 Å². The standard InChI is InChI=1S/C32H36N6O2/c1-5-31(6-2)35-19-13-9-11-17-23(19)21(37-31)15-33-27(17)25-29(39)26(30(25)40)28-18-12-10-14-20-24(18)22(16-34-28)38-32(7-3,8-4)36-20/h9-16,25-26,29-30,35-38H,5-8H2,1-4H3/q-2. The molecule has 0 bridgehead atoms. The van der Waals surface area contributed by atoms with Crippen LogP contribution in [0.25, 0.3) is 21.5 Å². The predicted octanol–water partition coefficient (Wildman–Crippen LogP) is 4.83. The molecule has 8 nitrogen and oxygen atoms in total. The van der Waals surface area contributed by atoms with E-state index < -0.39 is 24.0 Å². The minimum absolute atomic E-state index is 0.244. The van der Waals surface area contributed by atoms with Crippen molar-refractivity contribution in [2.75, 3.05) is 21.3 Å². The van der Waals surface area contributed by atoms with E-state index in [0.29, 0.717) is 11.4 Å². The Labute approximate surface area is 234 Å². The number of aromatic nitrogens is 2. The number of benzene rings is 2. The van der Waals surface area contributed by atoms with E-state index in [4.69, 9.17) is 9.97 Å². The van der Waals surface area contributed by atoms with Crippen molar-refractivity contribution in [1.82, 2.24) is 9.97 Å². The van der Waals surface area contributed by atoms with Crippen molar-refractivity contribution >= 4 is 44.3 Å². The van der Waals surface area contributed by atoms with Crippen molar-refractivity contribution in [3.63, 3.8) is 0 Å². The molecule has 1 fully saturated rings. The average Bonchev–Trinajstić information content (AvgIpc) is 2.99. The Balaban J connectivity index is 1.26. The molecular formula is C32H36N6O2-2. The molecule has 4 N–H and O–H groups in total. The first-order chi connectivity index (χ1) is 19.4. The lowest BCUT2D eigenvalue weighted by molar-refractivity contribution is -0.536. The molecule has 2 aromatic heterocycles. The summed E-state index contributed by atoms with van der Waals surface area (Å²) in [4.78, 5) is 9.51. The van der Waals surface area contributed by atoms with Crippen molar-refractivity contribution in [1.29, 1.82) is 0 Å². The lowest BCUT2D eigenvalue weighted by Gasteiger charge is -2.61. The average molecular weight is 537 g/mol. The van der Waals surface area contributed by atoms with E-state index in [1.54, 1.807) is 12.4 Å². The van der Waals surface area contributed by atoms with E-state index in [0.717, 1.165) is 70.0 Å². The molecule has 3 aliphatic rings. The molecule has 4 heterocycles. The molecule has 0 unspecified atom stereocenters. The summed E-state index contributed by atoms with van der Waals surface area (Å²) in [5.41, 5.74) is 4.62. The van der Waals surface area contributed by atoms with Gasteiger partial charge in [-0.25, -0.2) is 0 Å². The van der Waals surface area contributed by atoms with Gasteiger partial charge in [-0.3, -0.25) is 9.97 Å². The van der Waals surface area contributed by atoms with Crippen molar-refractivity contribution in [3.8, 4) is 0 Å². The molecule has 2 aromatic carbocycles. The lowest BCUT2D eigenvalue weighted by Crippen LogP contribution is -2.64. The first-order valence-corrected chi connectivity index (χ1v) is 14.7. The highest BCUT2D eigenvalue weighted by Crippen LogP contribution is 2.51. The molecule has 1 saturated carbocycles. The topological polar surface area (TPSA) is 120 Å². The normalized spacial score (nSPS) is 25.4. The van der Waals surface area contributed by atoms with Gasteiger partial charge >= 0.3 is 0 Å². The molecule has 0 atom stereocenters. The van der Waals surface area contributed by atoms with Crippen molar-refractivity contribution in [3.05, 3.63) is 60.2 Å². The third kappa shape index (κ3) is 3.38. The zero-order valence-electron chi connectivity index (χ0n) is 23.5. The van der Waals surface area contributed by atoms with Crippen LogP contribution in [-0.2, 0) is 0 Å². The Kier molecular flexibility index (Phi) is 5.67. The number of pyridine rings is 2. The molecular weight excluding hydrogens is 500 g/mol. The maximum Gasteiger partial charge on any atom is 0.107 e. The highest BCUT2D eigenvalue weighted by molar-refractivity contribution is 6.07. The van der Waals surface area contributed by atoms with Crippen molar-refractivity contribution in [2.45, 2.75) is 88.7 Å². The van der Waals surface area contributed by atoms with Crippen LogP contribution in [0.3, 0.4) is 0 Å². The second-order valence-corrected chi connectivity index (χ2v) is 11.6. The minimum atomic E-state index is -1.12. The van der Waals surface area contributed by atoms with E-state index in [1.165, 1.54) is 0 Å². The van der Waals surface area contributed by atoms with Crippen LogP contribution in [-0.4, -0.2) is 33.5 Å². The maximum atomic E-state index is 13.9. The van der Waals surface area contributed by atoms with E-state index in [-0.39, 0.29) is 11.3 Å². The van der Waals surface area contributed by atoms with Gasteiger partial charge in [0.25, 0.3) is 0 Å². The number of nitrogens with zero attached hydrogens (tertiary/aromatic N) is 2. The lowest BCUT2D eigenvalue weighted by atomic mass is 9.64. The summed E-state index contributed by atoms with van der Waals surface area (Å²) in [5.74, 6) is -1.45. The first kappa shape index (κ1) is 25.4. The fourth-order valence-electron chi connectivity index (χ4n) is 7.18. The van der Waals surface area contributed by atoms with Gasteiger partial charge in [0.2, 0.25) is 0 Å². The highest BCUT2D eigenvalue weighted by atomic mass is 16.3. The Bertz CT molecular complexity index is 1470. The Morgan fingerprint density at radius 3 is 1.35 bits per heavy atom. The largest absolute Gasteiger partial charge is 0.851 e. The quantitative estimate of drug-likeness (QED) is 0.277. The van der Waals surface area contributed by atoms with Crippen LogP contribution in [0, 0.1) is 0 Å². The van der Waals surface area contributed by atoms with Gasteiger partial charge < -0.3 is 31.5 Å². The predicted molar refractivity (Wildman–Crippen MR) is 158 cm³/mol. The van der Waals surface area contributed by atoms with Crippen LogP contribution >= 0.6 is 0 Å². The van der Waals surface area contributed by atoms with Crippen LogP contribution in [0.2, 0.25) is 0 Å². The number of anilines is 4. The molecule has 0 saturated heterocycles. The maximum absolute atomic E-state index is 13.9. The molecule has 0 amide bonds. The second-order valence-electron chi connectivity index (χ2n) is 11.6. The van der Waals surface area contributed by atoms with Crippen LogP contribution < -0.4 is 31.5 Å². The summed E-state index contributed by atoms with van der Waals surface area (Å²) >= 11 is 0. The highest BCUT2D eigenvalue weighted by Gasteiger charge is 2.43. The van der Waals surface area contributed by atoms with Gasteiger partial charge in [0.15, 0.2) is 0 Å². The zero-order chi connectivity index (χ0) is 27.8. The molecule has 7 rings (SSSR count). The molecule has 4 aromatic rings. The summed E-state index contributed by atoms with van der Waals surface area (Å²) in [6, 6.07) is 12.1. The summed E-state index contributed by atoms with van der Waals surface area (Å²) in [5, 5.41) is 46.2. The fourth-order valence-corrected chi connectivity index (χ4v) is 7.18. The molecule has 40 heavy (non-hydrogen) atoms. The van der Waals surface area contributed by atoms with Crippen LogP contribution in [0.5, 0.6) is 0 Å². The summed E-state index contributed by atoms with van der Waals surface area (Å²) in [7, 11) is 0. The number of hydrogen-bond donors (Lipinski definition) is 4. The smallest absolute Gasteiger partial charge is 0.107 e.